The average Bonchev–Trinajstić information content (AvgIpc) is 2.45. The van der Waals surface area contributed by atoms with E-state index in [1.54, 1.807) is 12.1 Å². The maximum absolute atomic E-state index is 10.6. The van der Waals surface area contributed by atoms with Gasteiger partial charge < -0.3 is 4.90 Å². The van der Waals surface area contributed by atoms with E-state index >= 15 is 0 Å². The van der Waals surface area contributed by atoms with Crippen LogP contribution in [0.4, 0.5) is 22.7 Å². The van der Waals surface area contributed by atoms with Gasteiger partial charge in [0.25, 0.3) is 5.69 Å². The predicted octanol–water partition coefficient (Wildman–Crippen LogP) is 4.22. The Kier molecular flexibility index (Phi) is 3.59. The minimum absolute atomic E-state index is 0.0489. The third-order valence-corrected chi connectivity index (χ3v) is 3.41. The Hall–Kier alpha value is -2.76. The Morgan fingerprint density at radius 2 is 1.43 bits per heavy atom. The molecule has 2 aromatic carbocycles. The molecule has 0 amide bonds. The van der Waals surface area contributed by atoms with Gasteiger partial charge in [-0.25, -0.2) is 0 Å². The number of benzene rings is 2. The third kappa shape index (κ3) is 3.05. The number of hydrogen-bond acceptors (Lipinski definition) is 5. The van der Waals surface area contributed by atoms with Crippen LogP contribution in [0.3, 0.4) is 0 Å². The quantitative estimate of drug-likeness (QED) is 0.479. The molecule has 1 saturated heterocycles. The highest BCUT2D eigenvalue weighted by atomic mass is 16.6. The van der Waals surface area contributed by atoms with Gasteiger partial charge in [0.05, 0.1) is 16.3 Å². The monoisotopic (exact) mass is 282 g/mol. The average molecular weight is 282 g/mol. The first kappa shape index (κ1) is 13.2. The zero-order valence-electron chi connectivity index (χ0n) is 11.3. The summed E-state index contributed by atoms with van der Waals surface area (Å²) >= 11 is 0. The summed E-state index contributed by atoms with van der Waals surface area (Å²) in [4.78, 5) is 12.4. The molecule has 0 aromatic heterocycles. The molecule has 0 bridgehead atoms. The summed E-state index contributed by atoms with van der Waals surface area (Å²) in [6, 6.07) is 13.9. The lowest BCUT2D eigenvalue weighted by Gasteiger charge is -2.33. The second-order valence-electron chi connectivity index (χ2n) is 4.83. The zero-order chi connectivity index (χ0) is 14.7. The number of nitro benzene ring substituents is 1. The molecule has 2 aromatic rings. The van der Waals surface area contributed by atoms with Gasteiger partial charge in [-0.3, -0.25) is 10.1 Å². The molecule has 6 heteroatoms. The molecular weight excluding hydrogens is 268 g/mol. The van der Waals surface area contributed by atoms with Gasteiger partial charge in [-0.05, 0) is 42.8 Å². The molecule has 21 heavy (non-hydrogen) atoms. The zero-order valence-corrected chi connectivity index (χ0v) is 11.3. The lowest BCUT2D eigenvalue weighted by atomic mass is 10.2. The van der Waals surface area contributed by atoms with Gasteiger partial charge in [-0.1, -0.05) is 0 Å². The molecule has 3 rings (SSSR count). The summed E-state index contributed by atoms with van der Waals surface area (Å²) in [5, 5.41) is 18.8. The molecular formula is C15H14N4O2. The van der Waals surface area contributed by atoms with Crippen molar-refractivity contribution in [2.45, 2.75) is 6.42 Å². The normalized spacial score (nSPS) is 14.2. The molecule has 1 aliphatic heterocycles. The van der Waals surface area contributed by atoms with Crippen LogP contribution in [0.15, 0.2) is 58.8 Å². The topological polar surface area (TPSA) is 71.1 Å². The van der Waals surface area contributed by atoms with Crippen LogP contribution in [0, 0.1) is 10.1 Å². The van der Waals surface area contributed by atoms with Crippen molar-refractivity contribution in [2.24, 2.45) is 10.2 Å². The fourth-order valence-corrected chi connectivity index (χ4v) is 2.06. The highest BCUT2D eigenvalue weighted by Gasteiger charge is 2.13. The summed E-state index contributed by atoms with van der Waals surface area (Å²) in [5.74, 6) is 0. The molecule has 0 saturated carbocycles. The molecule has 6 nitrogen and oxygen atoms in total. The van der Waals surface area contributed by atoms with Crippen molar-refractivity contribution < 1.29 is 4.92 Å². The van der Waals surface area contributed by atoms with Crippen LogP contribution in [0.2, 0.25) is 0 Å². The van der Waals surface area contributed by atoms with E-state index in [0.717, 1.165) is 18.8 Å². The second kappa shape index (κ2) is 5.70. The van der Waals surface area contributed by atoms with Crippen molar-refractivity contribution in [3.63, 3.8) is 0 Å². The number of nitro groups is 1. The first-order chi connectivity index (χ1) is 10.2. The minimum atomic E-state index is -0.435. The number of anilines is 1. The van der Waals surface area contributed by atoms with Crippen LogP contribution < -0.4 is 4.90 Å². The highest BCUT2D eigenvalue weighted by molar-refractivity contribution is 5.54. The fraction of sp³-hybridized carbons (Fsp3) is 0.200. The molecule has 1 heterocycles. The van der Waals surface area contributed by atoms with Crippen LogP contribution in [0.25, 0.3) is 0 Å². The molecule has 0 radical (unpaired) electrons. The molecule has 1 aliphatic rings. The SMILES string of the molecule is O=[N+]([O-])c1ccc(N=Nc2ccc(N3CCC3)cc2)cc1. The van der Waals surface area contributed by atoms with Crippen molar-refractivity contribution in [3.8, 4) is 0 Å². The Morgan fingerprint density at radius 3 is 1.86 bits per heavy atom. The first-order valence-corrected chi connectivity index (χ1v) is 6.73. The Balaban J connectivity index is 1.68. The van der Waals surface area contributed by atoms with Gasteiger partial charge in [0.1, 0.15) is 0 Å². The van der Waals surface area contributed by atoms with Gasteiger partial charge in [0, 0.05) is 30.9 Å². The lowest BCUT2D eigenvalue weighted by Crippen LogP contribution is -2.36. The Bertz CT molecular complexity index is 661. The first-order valence-electron chi connectivity index (χ1n) is 6.73. The summed E-state index contributed by atoms with van der Waals surface area (Å²) < 4.78 is 0. The number of azo groups is 1. The van der Waals surface area contributed by atoms with Crippen LogP contribution >= 0.6 is 0 Å². The van der Waals surface area contributed by atoms with Crippen LogP contribution in [0.5, 0.6) is 0 Å². The lowest BCUT2D eigenvalue weighted by molar-refractivity contribution is -0.384. The number of nitrogens with zero attached hydrogens (tertiary/aromatic N) is 4. The number of non-ortho nitro benzene ring substituents is 1. The third-order valence-electron chi connectivity index (χ3n) is 3.41. The maximum Gasteiger partial charge on any atom is 0.269 e. The Labute approximate surface area is 121 Å². The van der Waals surface area contributed by atoms with Gasteiger partial charge in [0.15, 0.2) is 0 Å². The molecule has 106 valence electrons. The van der Waals surface area contributed by atoms with E-state index in [0.29, 0.717) is 5.69 Å². The van der Waals surface area contributed by atoms with Crippen LogP contribution in [-0.2, 0) is 0 Å². The molecule has 0 unspecified atom stereocenters. The predicted molar refractivity (Wildman–Crippen MR) is 80.5 cm³/mol. The summed E-state index contributed by atoms with van der Waals surface area (Å²) in [5.41, 5.74) is 2.61. The Morgan fingerprint density at radius 1 is 0.905 bits per heavy atom. The summed E-state index contributed by atoms with van der Waals surface area (Å²) in [6.07, 6.45) is 1.25. The van der Waals surface area contributed by atoms with E-state index in [1.807, 2.05) is 24.3 Å². The van der Waals surface area contributed by atoms with E-state index in [4.69, 9.17) is 0 Å². The van der Waals surface area contributed by atoms with Crippen molar-refractivity contribution in [3.05, 3.63) is 58.6 Å². The van der Waals surface area contributed by atoms with E-state index in [-0.39, 0.29) is 5.69 Å². The van der Waals surface area contributed by atoms with E-state index < -0.39 is 4.92 Å². The van der Waals surface area contributed by atoms with Gasteiger partial charge in [-0.2, -0.15) is 10.2 Å². The fourth-order valence-electron chi connectivity index (χ4n) is 2.06. The maximum atomic E-state index is 10.6. The minimum Gasteiger partial charge on any atom is -0.371 e. The number of rotatable bonds is 4. The second-order valence-corrected chi connectivity index (χ2v) is 4.83. The number of hydrogen-bond donors (Lipinski definition) is 0. The van der Waals surface area contributed by atoms with Crippen LogP contribution in [0.1, 0.15) is 6.42 Å². The molecule has 0 spiro atoms. The van der Waals surface area contributed by atoms with Crippen molar-refractivity contribution in [2.75, 3.05) is 18.0 Å². The standard InChI is InChI=1S/C15H14N4O2/c20-19(21)15-8-4-13(5-9-15)17-16-12-2-6-14(7-3-12)18-10-1-11-18/h2-9H,1,10-11H2. The summed E-state index contributed by atoms with van der Waals surface area (Å²) in [6.45, 7) is 2.23. The molecule has 0 N–H and O–H groups in total. The van der Waals surface area contributed by atoms with Gasteiger partial charge in [0.2, 0.25) is 0 Å². The van der Waals surface area contributed by atoms with E-state index in [9.17, 15) is 10.1 Å². The van der Waals surface area contributed by atoms with E-state index in [1.165, 1.54) is 24.2 Å². The molecule has 0 aliphatic carbocycles. The van der Waals surface area contributed by atoms with Crippen molar-refractivity contribution in [1.82, 2.24) is 0 Å². The molecule has 1 fully saturated rings. The summed E-state index contributed by atoms with van der Waals surface area (Å²) in [7, 11) is 0. The van der Waals surface area contributed by atoms with Gasteiger partial charge in [-0.15, -0.1) is 0 Å². The van der Waals surface area contributed by atoms with Crippen LogP contribution in [-0.4, -0.2) is 18.0 Å². The smallest absolute Gasteiger partial charge is 0.269 e. The largest absolute Gasteiger partial charge is 0.371 e. The highest BCUT2D eigenvalue weighted by Crippen LogP contribution is 2.25. The molecule has 0 atom stereocenters. The van der Waals surface area contributed by atoms with Crippen molar-refractivity contribution >= 4 is 22.7 Å². The van der Waals surface area contributed by atoms with E-state index in [2.05, 4.69) is 15.1 Å². The van der Waals surface area contributed by atoms with Crippen molar-refractivity contribution in [1.29, 1.82) is 0 Å². The van der Waals surface area contributed by atoms with Gasteiger partial charge >= 0.3 is 0 Å².